The molecule has 0 spiro atoms. The van der Waals surface area contributed by atoms with Crippen molar-refractivity contribution >= 4 is 53.5 Å². The van der Waals surface area contributed by atoms with Crippen molar-refractivity contribution in [2.24, 2.45) is 0 Å². The van der Waals surface area contributed by atoms with Gasteiger partial charge in [0.15, 0.2) is 6.73 Å². The predicted octanol–water partition coefficient (Wildman–Crippen LogP) is 5.60. The number of nitrogens with one attached hydrogen (secondary N) is 3. The molecule has 0 saturated carbocycles. The Morgan fingerprint density at radius 1 is 1.14 bits per heavy atom. The van der Waals surface area contributed by atoms with Gasteiger partial charge in [-0.15, -0.1) is 0 Å². The summed E-state index contributed by atoms with van der Waals surface area (Å²) < 4.78 is 41.9. The van der Waals surface area contributed by atoms with Crippen LogP contribution >= 0.6 is 35.0 Å². The van der Waals surface area contributed by atoms with Crippen LogP contribution in [0.4, 0.5) is 13.2 Å². The summed E-state index contributed by atoms with van der Waals surface area (Å²) in [5.41, 5.74) is -3.92. The maximum absolute atomic E-state index is 12.3. The van der Waals surface area contributed by atoms with E-state index in [0.29, 0.717) is 10.6 Å². The number of alkyl halides is 3. The number of thioether (sulfide) groups is 1. The summed E-state index contributed by atoms with van der Waals surface area (Å²) in [6, 6.07) is 9.43. The molecule has 0 atom stereocenters. The maximum Gasteiger partial charge on any atom is 0.446 e. The van der Waals surface area contributed by atoms with Crippen LogP contribution in [0.15, 0.2) is 47.4 Å². The SMILES string of the molecule is C=N.N=C(OCNC(=O)c1ccc(SC(F)(F)F)cc1)c1ccc(Cl)cc1Cl. The average Bonchev–Trinajstić information content (AvgIpc) is 2.62. The quantitative estimate of drug-likeness (QED) is 0.239. The second kappa shape index (κ2) is 10.9. The topological polar surface area (TPSA) is 86.0 Å². The van der Waals surface area contributed by atoms with Gasteiger partial charge in [-0.2, -0.15) is 13.2 Å². The van der Waals surface area contributed by atoms with Gasteiger partial charge < -0.3 is 15.5 Å². The smallest absolute Gasteiger partial charge is 0.446 e. The Morgan fingerprint density at radius 3 is 2.29 bits per heavy atom. The van der Waals surface area contributed by atoms with Crippen LogP contribution in [0.1, 0.15) is 15.9 Å². The molecule has 2 aromatic carbocycles. The van der Waals surface area contributed by atoms with Crippen LogP contribution in [-0.4, -0.2) is 30.8 Å². The van der Waals surface area contributed by atoms with Gasteiger partial charge in [0.25, 0.3) is 5.91 Å². The zero-order chi connectivity index (χ0) is 21.3. The number of carbonyl (C=O) groups excluding carboxylic acids is 1. The van der Waals surface area contributed by atoms with Crippen molar-refractivity contribution in [3.05, 3.63) is 63.6 Å². The number of hydrogen-bond donors (Lipinski definition) is 3. The molecule has 1 amide bonds. The van der Waals surface area contributed by atoms with Crippen molar-refractivity contribution in [1.29, 1.82) is 10.8 Å². The number of benzene rings is 2. The second-order valence-corrected chi connectivity index (χ2v) is 6.80. The normalized spacial score (nSPS) is 10.5. The first-order valence-electron chi connectivity index (χ1n) is 7.32. The minimum Gasteiger partial charge on any atom is -0.456 e. The molecule has 0 radical (unpaired) electrons. The maximum atomic E-state index is 12.3. The number of rotatable bonds is 5. The molecule has 150 valence electrons. The molecule has 0 unspecified atom stereocenters. The van der Waals surface area contributed by atoms with Crippen molar-refractivity contribution in [3.63, 3.8) is 0 Å². The summed E-state index contributed by atoms with van der Waals surface area (Å²) in [5, 5.41) is 16.3. The second-order valence-electron chi connectivity index (χ2n) is 4.82. The molecule has 0 bridgehead atoms. The first-order valence-corrected chi connectivity index (χ1v) is 8.89. The van der Waals surface area contributed by atoms with E-state index in [2.05, 4.69) is 12.0 Å². The van der Waals surface area contributed by atoms with Crippen molar-refractivity contribution in [1.82, 2.24) is 5.32 Å². The number of halogens is 5. The van der Waals surface area contributed by atoms with E-state index >= 15 is 0 Å². The molecule has 0 fully saturated rings. The van der Waals surface area contributed by atoms with Crippen LogP contribution in [-0.2, 0) is 4.74 Å². The van der Waals surface area contributed by atoms with E-state index < -0.39 is 11.4 Å². The van der Waals surface area contributed by atoms with E-state index in [0.717, 1.165) is 0 Å². The lowest BCUT2D eigenvalue weighted by Gasteiger charge is -2.11. The summed E-state index contributed by atoms with van der Waals surface area (Å²) in [7, 11) is 0. The lowest BCUT2D eigenvalue weighted by molar-refractivity contribution is -0.0328. The van der Waals surface area contributed by atoms with E-state index in [1.807, 2.05) is 0 Å². The molecule has 0 aliphatic carbocycles. The number of ether oxygens (including phenoxy) is 1. The Kier molecular flexibility index (Phi) is 9.30. The highest BCUT2D eigenvalue weighted by atomic mass is 35.5. The van der Waals surface area contributed by atoms with Crippen LogP contribution < -0.4 is 5.32 Å². The third-order valence-corrected chi connectivity index (χ3v) is 4.26. The first kappa shape index (κ1) is 23.8. The molecule has 0 aliphatic heterocycles. The minimum absolute atomic E-state index is 0.0236. The Morgan fingerprint density at radius 2 is 1.75 bits per heavy atom. The highest BCUT2D eigenvalue weighted by Gasteiger charge is 2.29. The number of carbonyl (C=O) groups is 1. The van der Waals surface area contributed by atoms with Gasteiger partial charge in [-0.3, -0.25) is 10.2 Å². The Labute approximate surface area is 173 Å². The molecule has 2 rings (SSSR count). The zero-order valence-corrected chi connectivity index (χ0v) is 16.4. The van der Waals surface area contributed by atoms with Crippen LogP contribution in [0.3, 0.4) is 0 Å². The van der Waals surface area contributed by atoms with Crippen molar-refractivity contribution < 1.29 is 22.7 Å². The van der Waals surface area contributed by atoms with Gasteiger partial charge in [0.05, 0.1) is 10.6 Å². The number of amides is 1. The summed E-state index contributed by atoms with van der Waals surface area (Å²) in [6.45, 7) is 2.19. The van der Waals surface area contributed by atoms with Crippen LogP contribution in [0.5, 0.6) is 0 Å². The Balaban J connectivity index is 0.00000190. The molecule has 5 nitrogen and oxygen atoms in total. The molecule has 0 heterocycles. The fourth-order valence-corrected chi connectivity index (χ4v) is 2.87. The minimum atomic E-state index is -4.39. The number of hydrogen-bond acceptors (Lipinski definition) is 5. The van der Waals surface area contributed by atoms with Gasteiger partial charge in [0.2, 0.25) is 5.90 Å². The first-order chi connectivity index (χ1) is 13.2. The van der Waals surface area contributed by atoms with Gasteiger partial charge in [-0.1, -0.05) is 23.2 Å². The lowest BCUT2D eigenvalue weighted by atomic mass is 10.2. The summed E-state index contributed by atoms with van der Waals surface area (Å²) in [4.78, 5) is 11.9. The molecular formula is C17H14Cl2F3N3O2S. The molecule has 28 heavy (non-hydrogen) atoms. The van der Waals surface area contributed by atoms with Crippen LogP contribution in [0.25, 0.3) is 0 Å². The van der Waals surface area contributed by atoms with Crippen molar-refractivity contribution in [2.45, 2.75) is 10.4 Å². The monoisotopic (exact) mass is 451 g/mol. The molecule has 0 aromatic heterocycles. The Bertz CT molecular complexity index is 833. The molecular weight excluding hydrogens is 438 g/mol. The largest absolute Gasteiger partial charge is 0.456 e. The van der Waals surface area contributed by atoms with Crippen molar-refractivity contribution in [2.75, 3.05) is 6.73 Å². The Hall–Kier alpha value is -2.23. The molecule has 11 heteroatoms. The van der Waals surface area contributed by atoms with Gasteiger partial charge in [-0.05, 0) is 60.9 Å². The third kappa shape index (κ3) is 7.79. The third-order valence-electron chi connectivity index (χ3n) is 2.98. The van der Waals surface area contributed by atoms with E-state index in [1.54, 1.807) is 6.07 Å². The molecule has 3 N–H and O–H groups in total. The van der Waals surface area contributed by atoms with Gasteiger partial charge >= 0.3 is 5.51 Å². The predicted molar refractivity (Wildman–Crippen MR) is 105 cm³/mol. The van der Waals surface area contributed by atoms with E-state index in [1.165, 1.54) is 36.4 Å². The van der Waals surface area contributed by atoms with E-state index in [9.17, 15) is 18.0 Å². The van der Waals surface area contributed by atoms with Gasteiger partial charge in [0.1, 0.15) is 0 Å². The van der Waals surface area contributed by atoms with E-state index in [4.69, 9.17) is 38.8 Å². The average molecular weight is 452 g/mol. The molecule has 2 aromatic rings. The van der Waals surface area contributed by atoms with Crippen LogP contribution in [0.2, 0.25) is 10.0 Å². The lowest BCUT2D eigenvalue weighted by Crippen LogP contribution is -2.27. The fourth-order valence-electron chi connectivity index (χ4n) is 1.84. The van der Waals surface area contributed by atoms with Crippen molar-refractivity contribution in [3.8, 4) is 0 Å². The summed E-state index contributed by atoms with van der Waals surface area (Å²) in [6.07, 6.45) is 0. The van der Waals surface area contributed by atoms with E-state index in [-0.39, 0.29) is 39.9 Å². The van der Waals surface area contributed by atoms with Gasteiger partial charge in [-0.25, -0.2) is 0 Å². The fraction of sp³-hybridized carbons (Fsp3) is 0.118. The van der Waals surface area contributed by atoms with Crippen LogP contribution in [0, 0.1) is 10.8 Å². The summed E-state index contributed by atoms with van der Waals surface area (Å²) in [5.74, 6) is -0.813. The van der Waals surface area contributed by atoms with Gasteiger partial charge in [0, 0.05) is 15.5 Å². The summed E-state index contributed by atoms with van der Waals surface area (Å²) >= 11 is 11.4. The standard InChI is InChI=1S/C16H11Cl2F3N2O2S.CH3N/c17-10-3-6-12(13(18)7-10)14(22)25-8-23-15(24)9-1-4-11(5-2-9)26-16(19,20)21;1-2/h1-7,22H,8H2,(H,23,24);2H,1H2. The molecule has 0 aliphatic rings. The zero-order valence-electron chi connectivity index (χ0n) is 14.1. The highest BCUT2D eigenvalue weighted by Crippen LogP contribution is 2.36. The molecule has 0 saturated heterocycles. The highest BCUT2D eigenvalue weighted by molar-refractivity contribution is 8.00.